The number of nitro benzene ring substituents is 1. The summed E-state index contributed by atoms with van der Waals surface area (Å²) >= 11 is 2.82. The van der Waals surface area contributed by atoms with Crippen LogP contribution in [0.25, 0.3) is 0 Å². The third-order valence-corrected chi connectivity index (χ3v) is 2.45. The summed E-state index contributed by atoms with van der Waals surface area (Å²) < 4.78 is -0.123. The summed E-state index contributed by atoms with van der Waals surface area (Å²) in [5.41, 5.74) is -0.584. The number of hydrogen-bond donors (Lipinski definition) is 1. The van der Waals surface area contributed by atoms with Crippen molar-refractivity contribution < 1.29 is 19.6 Å². The summed E-state index contributed by atoms with van der Waals surface area (Å²) in [6, 6.07) is 3.62. The lowest BCUT2D eigenvalue weighted by atomic mass is 10.1. The predicted octanol–water partition coefficient (Wildman–Crippen LogP) is 1.62. The Hall–Kier alpha value is -1.76. The number of carbonyl (C=O) groups excluding carboxylic acids is 1. The van der Waals surface area contributed by atoms with Gasteiger partial charge in [0.25, 0.3) is 11.5 Å². The molecule has 0 aliphatic carbocycles. The molecule has 0 aliphatic rings. The first kappa shape index (κ1) is 11.3. The zero-order valence-electron chi connectivity index (χ0n) is 7.14. The van der Waals surface area contributed by atoms with Crippen LogP contribution in [0.1, 0.15) is 10.4 Å². The number of nitrogens with zero attached hydrogens (tertiary/aromatic N) is 1. The van der Waals surface area contributed by atoms with Gasteiger partial charge in [-0.1, -0.05) is 6.07 Å². The highest BCUT2D eigenvalue weighted by molar-refractivity contribution is 9.10. The van der Waals surface area contributed by atoms with Crippen LogP contribution in [0.3, 0.4) is 0 Å². The maximum atomic E-state index is 11.1. The quantitative estimate of drug-likeness (QED) is 0.391. The number of nitro groups is 1. The van der Waals surface area contributed by atoms with E-state index in [0.29, 0.717) is 0 Å². The molecule has 0 saturated carbocycles. The molecule has 1 aromatic carbocycles. The number of carboxylic acid groups (broad SMARTS) is 1. The van der Waals surface area contributed by atoms with Crippen LogP contribution in [0.2, 0.25) is 0 Å². The Morgan fingerprint density at radius 1 is 1.40 bits per heavy atom. The van der Waals surface area contributed by atoms with E-state index in [9.17, 15) is 19.7 Å². The summed E-state index contributed by atoms with van der Waals surface area (Å²) in [6.45, 7) is 0. The zero-order chi connectivity index (χ0) is 11.6. The average molecular weight is 274 g/mol. The number of rotatable bonds is 3. The number of Topliss-reactive ketones (excluding diaryl/α,β-unsaturated/α-hetero) is 1. The summed E-state index contributed by atoms with van der Waals surface area (Å²) in [5.74, 6) is -2.85. The number of carboxylic acids is 1. The molecule has 0 unspecified atom stereocenters. The predicted molar refractivity (Wildman–Crippen MR) is 52.8 cm³/mol. The van der Waals surface area contributed by atoms with Gasteiger partial charge in [-0.3, -0.25) is 14.9 Å². The second-order valence-electron chi connectivity index (χ2n) is 2.53. The number of halogens is 1. The van der Waals surface area contributed by atoms with Gasteiger partial charge in [-0.2, -0.15) is 0 Å². The lowest BCUT2D eigenvalue weighted by Gasteiger charge is -2.00. The van der Waals surface area contributed by atoms with Crippen molar-refractivity contribution in [2.75, 3.05) is 0 Å². The Kier molecular flexibility index (Phi) is 3.15. The Bertz CT molecular complexity index is 456. The van der Waals surface area contributed by atoms with E-state index in [4.69, 9.17) is 5.11 Å². The first-order valence-corrected chi connectivity index (χ1v) is 4.45. The van der Waals surface area contributed by atoms with Crippen LogP contribution in [-0.2, 0) is 4.79 Å². The fourth-order valence-corrected chi connectivity index (χ4v) is 1.54. The van der Waals surface area contributed by atoms with Crippen molar-refractivity contribution in [1.82, 2.24) is 0 Å². The number of ketones is 1. The summed E-state index contributed by atoms with van der Waals surface area (Å²) in [7, 11) is 0. The minimum absolute atomic E-state index is 0.123. The molecule has 7 heteroatoms. The van der Waals surface area contributed by atoms with Crippen LogP contribution >= 0.6 is 15.9 Å². The highest BCUT2D eigenvalue weighted by atomic mass is 79.9. The Labute approximate surface area is 91.8 Å². The molecule has 1 N–H and O–H groups in total. The van der Waals surface area contributed by atoms with Gasteiger partial charge < -0.3 is 5.11 Å². The SMILES string of the molecule is O=C(O)C(=O)c1cccc([N+](=O)[O-])c1Br. The average Bonchev–Trinajstić information content (AvgIpc) is 2.16. The van der Waals surface area contributed by atoms with Gasteiger partial charge in [-0.05, 0) is 22.0 Å². The van der Waals surface area contributed by atoms with Crippen LogP contribution in [0.4, 0.5) is 5.69 Å². The highest BCUT2D eigenvalue weighted by Gasteiger charge is 2.23. The van der Waals surface area contributed by atoms with Gasteiger partial charge in [0.1, 0.15) is 4.47 Å². The lowest BCUT2D eigenvalue weighted by Crippen LogP contribution is -2.13. The molecule has 0 amide bonds. The second kappa shape index (κ2) is 4.18. The van der Waals surface area contributed by atoms with E-state index in [1.165, 1.54) is 18.2 Å². The fourth-order valence-electron chi connectivity index (χ4n) is 0.951. The van der Waals surface area contributed by atoms with Crippen LogP contribution in [0, 0.1) is 10.1 Å². The molecular weight excluding hydrogens is 270 g/mol. The van der Waals surface area contributed by atoms with Crippen LogP contribution in [-0.4, -0.2) is 21.8 Å². The van der Waals surface area contributed by atoms with E-state index >= 15 is 0 Å². The smallest absolute Gasteiger partial charge is 0.377 e. The van der Waals surface area contributed by atoms with Gasteiger partial charge in [0.2, 0.25) is 0 Å². The van der Waals surface area contributed by atoms with Gasteiger partial charge in [0.05, 0.1) is 10.5 Å². The molecule has 0 heterocycles. The molecule has 0 fully saturated rings. The van der Waals surface area contributed by atoms with Crippen molar-refractivity contribution in [3.63, 3.8) is 0 Å². The Morgan fingerprint density at radius 2 is 2.00 bits per heavy atom. The molecular formula is C8H4BrNO5. The molecule has 1 rings (SSSR count). The Balaban J connectivity index is 3.33. The Morgan fingerprint density at radius 3 is 2.47 bits per heavy atom. The summed E-state index contributed by atoms with van der Waals surface area (Å²) in [6.07, 6.45) is 0. The van der Waals surface area contributed by atoms with E-state index in [0.717, 1.165) is 0 Å². The minimum atomic E-state index is -1.66. The van der Waals surface area contributed by atoms with Crippen LogP contribution in [0.15, 0.2) is 22.7 Å². The van der Waals surface area contributed by atoms with Crippen molar-refractivity contribution in [2.45, 2.75) is 0 Å². The number of benzene rings is 1. The van der Waals surface area contributed by atoms with E-state index in [-0.39, 0.29) is 15.7 Å². The van der Waals surface area contributed by atoms with Crippen molar-refractivity contribution in [1.29, 1.82) is 0 Å². The molecule has 15 heavy (non-hydrogen) atoms. The first-order chi connectivity index (χ1) is 6.95. The third kappa shape index (κ3) is 2.18. The largest absolute Gasteiger partial charge is 0.475 e. The standard InChI is InChI=1S/C8H4BrNO5/c9-6-4(7(11)8(12)13)2-1-3-5(6)10(14)15/h1-3H,(H,12,13). The van der Waals surface area contributed by atoms with Gasteiger partial charge in [-0.15, -0.1) is 0 Å². The molecule has 0 saturated heterocycles. The maximum Gasteiger partial charge on any atom is 0.377 e. The topological polar surface area (TPSA) is 97.5 Å². The molecule has 0 atom stereocenters. The number of hydrogen-bond acceptors (Lipinski definition) is 4. The van der Waals surface area contributed by atoms with Crippen LogP contribution in [0.5, 0.6) is 0 Å². The van der Waals surface area contributed by atoms with Crippen molar-refractivity contribution in [2.24, 2.45) is 0 Å². The van der Waals surface area contributed by atoms with E-state index in [1.807, 2.05) is 0 Å². The zero-order valence-corrected chi connectivity index (χ0v) is 8.72. The molecule has 0 aromatic heterocycles. The maximum absolute atomic E-state index is 11.1. The van der Waals surface area contributed by atoms with Gasteiger partial charge in [-0.25, -0.2) is 4.79 Å². The molecule has 6 nitrogen and oxygen atoms in total. The number of aliphatic carboxylic acids is 1. The third-order valence-electron chi connectivity index (χ3n) is 1.61. The van der Waals surface area contributed by atoms with Gasteiger partial charge >= 0.3 is 5.97 Å². The summed E-state index contributed by atoms with van der Waals surface area (Å²) in [5, 5.41) is 18.9. The highest BCUT2D eigenvalue weighted by Crippen LogP contribution is 2.28. The molecule has 78 valence electrons. The van der Waals surface area contributed by atoms with E-state index in [1.54, 1.807) is 0 Å². The van der Waals surface area contributed by atoms with Crippen molar-refractivity contribution >= 4 is 33.4 Å². The molecule has 0 bridgehead atoms. The van der Waals surface area contributed by atoms with Gasteiger partial charge in [0.15, 0.2) is 0 Å². The monoisotopic (exact) mass is 273 g/mol. The number of carbonyl (C=O) groups is 2. The van der Waals surface area contributed by atoms with Gasteiger partial charge in [0, 0.05) is 6.07 Å². The van der Waals surface area contributed by atoms with Crippen molar-refractivity contribution in [3.8, 4) is 0 Å². The normalized spacial score (nSPS) is 9.67. The molecule has 1 aromatic rings. The minimum Gasteiger partial charge on any atom is -0.475 e. The van der Waals surface area contributed by atoms with E-state index < -0.39 is 16.7 Å². The molecule has 0 spiro atoms. The van der Waals surface area contributed by atoms with Crippen LogP contribution < -0.4 is 0 Å². The lowest BCUT2D eigenvalue weighted by molar-refractivity contribution is -0.385. The molecule has 0 aliphatic heterocycles. The van der Waals surface area contributed by atoms with E-state index in [2.05, 4.69) is 15.9 Å². The first-order valence-electron chi connectivity index (χ1n) is 3.65. The fraction of sp³-hybridized carbons (Fsp3) is 0. The van der Waals surface area contributed by atoms with Crippen molar-refractivity contribution in [3.05, 3.63) is 38.3 Å². The summed E-state index contributed by atoms with van der Waals surface area (Å²) in [4.78, 5) is 31.3. The second-order valence-corrected chi connectivity index (χ2v) is 3.32. The molecule has 0 radical (unpaired) electrons.